The Labute approximate surface area is 132 Å². The molecule has 0 amide bonds. The Hall–Kier alpha value is -2.01. The lowest BCUT2D eigenvalue weighted by Gasteiger charge is -2.12. The first-order chi connectivity index (χ1) is 10.1. The highest BCUT2D eigenvalue weighted by Gasteiger charge is 2.14. The molecule has 0 heterocycles. The molecule has 0 aliphatic heterocycles. The molecule has 110 valence electrons. The quantitative estimate of drug-likeness (QED) is 0.658. The van der Waals surface area contributed by atoms with Gasteiger partial charge in [-0.2, -0.15) is 0 Å². The number of carbonyl (C=O) groups excluding carboxylic acids is 1. The minimum absolute atomic E-state index is 0.297. The van der Waals surface area contributed by atoms with Crippen LogP contribution in [0, 0.1) is 0 Å². The predicted molar refractivity (Wildman–Crippen MR) is 85.3 cm³/mol. The van der Waals surface area contributed by atoms with Crippen molar-refractivity contribution >= 4 is 27.6 Å². The van der Waals surface area contributed by atoms with Gasteiger partial charge in [-0.15, -0.1) is 0 Å². The number of esters is 1. The van der Waals surface area contributed by atoms with Gasteiger partial charge in [-0.3, -0.25) is 0 Å². The van der Waals surface area contributed by atoms with E-state index in [2.05, 4.69) is 15.9 Å². The van der Waals surface area contributed by atoms with Crippen molar-refractivity contribution in [2.75, 3.05) is 12.3 Å². The minimum Gasteiger partial charge on any atom is -0.487 e. The number of ether oxygens (including phenoxy) is 2. The fraction of sp³-hybridized carbons (Fsp3) is 0.188. The van der Waals surface area contributed by atoms with Crippen LogP contribution in [0.25, 0.3) is 0 Å². The molecule has 4 nitrogen and oxygen atoms in total. The van der Waals surface area contributed by atoms with Gasteiger partial charge in [0, 0.05) is 4.47 Å². The molecular weight excluding hydrogens is 334 g/mol. The molecule has 0 bridgehead atoms. The van der Waals surface area contributed by atoms with Crippen molar-refractivity contribution in [3.05, 3.63) is 58.1 Å². The number of carbonyl (C=O) groups is 1. The van der Waals surface area contributed by atoms with Gasteiger partial charge in [0.05, 0.1) is 17.9 Å². The standard InChI is InChI=1S/C16H16BrNO3/c1-2-20-16(19)13-7-4-8-14(15(13)18)21-10-11-5-3-6-12(17)9-11/h3-9H,2,10,18H2,1H3. The van der Waals surface area contributed by atoms with Crippen LogP contribution in [-0.4, -0.2) is 12.6 Å². The second kappa shape index (κ2) is 7.13. The van der Waals surface area contributed by atoms with Crippen molar-refractivity contribution in [1.29, 1.82) is 0 Å². The van der Waals surface area contributed by atoms with Crippen LogP contribution in [-0.2, 0) is 11.3 Å². The van der Waals surface area contributed by atoms with Gasteiger partial charge in [-0.25, -0.2) is 4.79 Å². The van der Waals surface area contributed by atoms with Crippen molar-refractivity contribution in [1.82, 2.24) is 0 Å². The number of para-hydroxylation sites is 1. The molecule has 2 aromatic rings. The molecular formula is C16H16BrNO3. The fourth-order valence-corrected chi connectivity index (χ4v) is 2.29. The third-order valence-electron chi connectivity index (χ3n) is 2.84. The maximum absolute atomic E-state index is 11.8. The largest absolute Gasteiger partial charge is 0.487 e. The number of anilines is 1. The van der Waals surface area contributed by atoms with E-state index in [1.165, 1.54) is 0 Å². The summed E-state index contributed by atoms with van der Waals surface area (Å²) < 4.78 is 11.6. The zero-order valence-electron chi connectivity index (χ0n) is 11.6. The topological polar surface area (TPSA) is 61.5 Å². The number of nitrogens with two attached hydrogens (primary N) is 1. The molecule has 0 saturated carbocycles. The van der Waals surface area contributed by atoms with Crippen LogP contribution in [0.3, 0.4) is 0 Å². The molecule has 2 aromatic carbocycles. The van der Waals surface area contributed by atoms with Crippen LogP contribution in [0.1, 0.15) is 22.8 Å². The number of hydrogen-bond acceptors (Lipinski definition) is 4. The molecule has 0 saturated heterocycles. The van der Waals surface area contributed by atoms with E-state index in [1.54, 1.807) is 25.1 Å². The van der Waals surface area contributed by atoms with E-state index in [9.17, 15) is 4.79 Å². The molecule has 0 aromatic heterocycles. The molecule has 2 N–H and O–H groups in total. The number of hydrogen-bond donors (Lipinski definition) is 1. The summed E-state index contributed by atoms with van der Waals surface area (Å²) in [5, 5.41) is 0. The summed E-state index contributed by atoms with van der Waals surface area (Å²) in [7, 11) is 0. The normalized spacial score (nSPS) is 10.2. The van der Waals surface area contributed by atoms with E-state index < -0.39 is 5.97 Å². The van der Waals surface area contributed by atoms with Crippen LogP contribution < -0.4 is 10.5 Å². The second-order valence-corrected chi connectivity index (χ2v) is 5.27. The van der Waals surface area contributed by atoms with Crippen molar-refractivity contribution in [2.45, 2.75) is 13.5 Å². The number of halogens is 1. The van der Waals surface area contributed by atoms with Crippen LogP contribution in [0.4, 0.5) is 5.69 Å². The van der Waals surface area contributed by atoms with Gasteiger partial charge < -0.3 is 15.2 Å². The number of benzene rings is 2. The summed E-state index contributed by atoms with van der Waals surface area (Å²) >= 11 is 3.41. The molecule has 0 radical (unpaired) electrons. The Bertz CT molecular complexity index is 643. The van der Waals surface area contributed by atoms with E-state index in [0.717, 1.165) is 10.0 Å². The number of rotatable bonds is 5. The maximum atomic E-state index is 11.8. The van der Waals surface area contributed by atoms with Crippen LogP contribution >= 0.6 is 15.9 Å². The molecule has 0 aliphatic rings. The average molecular weight is 350 g/mol. The minimum atomic E-state index is -0.442. The summed E-state index contributed by atoms with van der Waals surface area (Å²) in [6.07, 6.45) is 0. The van der Waals surface area contributed by atoms with E-state index >= 15 is 0 Å². The first kappa shape index (κ1) is 15.4. The predicted octanol–water partition coefficient (Wildman–Crippen LogP) is 3.79. The lowest BCUT2D eigenvalue weighted by molar-refractivity contribution is 0.0527. The zero-order chi connectivity index (χ0) is 15.2. The van der Waals surface area contributed by atoms with Crippen molar-refractivity contribution < 1.29 is 14.3 Å². The monoisotopic (exact) mass is 349 g/mol. The van der Waals surface area contributed by atoms with E-state index in [1.807, 2.05) is 24.3 Å². The first-order valence-corrected chi connectivity index (χ1v) is 7.34. The molecule has 21 heavy (non-hydrogen) atoms. The summed E-state index contributed by atoms with van der Waals surface area (Å²) in [5.41, 5.74) is 7.60. The number of nitrogen functional groups attached to an aromatic ring is 1. The average Bonchev–Trinajstić information content (AvgIpc) is 2.46. The summed E-state index contributed by atoms with van der Waals surface area (Å²) in [6.45, 7) is 2.43. The molecule has 0 atom stereocenters. The Balaban J connectivity index is 2.13. The van der Waals surface area contributed by atoms with E-state index in [0.29, 0.717) is 30.2 Å². The van der Waals surface area contributed by atoms with Crippen LogP contribution in [0.2, 0.25) is 0 Å². The van der Waals surface area contributed by atoms with Gasteiger partial charge in [0.15, 0.2) is 0 Å². The van der Waals surface area contributed by atoms with Gasteiger partial charge in [0.2, 0.25) is 0 Å². The fourth-order valence-electron chi connectivity index (χ4n) is 1.84. The van der Waals surface area contributed by atoms with E-state index in [-0.39, 0.29) is 0 Å². The molecule has 0 unspecified atom stereocenters. The van der Waals surface area contributed by atoms with Crippen LogP contribution in [0.5, 0.6) is 5.75 Å². The van der Waals surface area contributed by atoms with Gasteiger partial charge in [0.1, 0.15) is 12.4 Å². The van der Waals surface area contributed by atoms with Gasteiger partial charge in [-0.1, -0.05) is 34.1 Å². The van der Waals surface area contributed by atoms with Gasteiger partial charge in [0.25, 0.3) is 0 Å². The van der Waals surface area contributed by atoms with Crippen LogP contribution in [0.15, 0.2) is 46.9 Å². The van der Waals surface area contributed by atoms with E-state index in [4.69, 9.17) is 15.2 Å². The third kappa shape index (κ3) is 3.98. The highest BCUT2D eigenvalue weighted by molar-refractivity contribution is 9.10. The summed E-state index contributed by atoms with van der Waals surface area (Å²) in [4.78, 5) is 11.8. The summed E-state index contributed by atoms with van der Waals surface area (Å²) in [5.74, 6) is 0.0310. The molecule has 0 fully saturated rings. The van der Waals surface area contributed by atoms with Crippen molar-refractivity contribution in [3.63, 3.8) is 0 Å². The Morgan fingerprint density at radius 2 is 2.00 bits per heavy atom. The SMILES string of the molecule is CCOC(=O)c1cccc(OCc2cccc(Br)c2)c1N. The molecule has 0 spiro atoms. The maximum Gasteiger partial charge on any atom is 0.340 e. The van der Waals surface area contributed by atoms with Crippen molar-refractivity contribution in [2.24, 2.45) is 0 Å². The lowest BCUT2D eigenvalue weighted by atomic mass is 10.1. The summed E-state index contributed by atoms with van der Waals surface area (Å²) in [6, 6.07) is 12.9. The third-order valence-corrected chi connectivity index (χ3v) is 3.34. The van der Waals surface area contributed by atoms with Gasteiger partial charge in [-0.05, 0) is 36.8 Å². The molecule has 2 rings (SSSR count). The Morgan fingerprint density at radius 3 is 2.71 bits per heavy atom. The Kier molecular flexibility index (Phi) is 5.22. The highest BCUT2D eigenvalue weighted by Crippen LogP contribution is 2.27. The smallest absolute Gasteiger partial charge is 0.340 e. The highest BCUT2D eigenvalue weighted by atomic mass is 79.9. The first-order valence-electron chi connectivity index (χ1n) is 6.54. The lowest BCUT2D eigenvalue weighted by Crippen LogP contribution is -2.09. The van der Waals surface area contributed by atoms with Gasteiger partial charge >= 0.3 is 5.97 Å². The molecule has 5 heteroatoms. The Morgan fingerprint density at radius 1 is 1.24 bits per heavy atom. The zero-order valence-corrected chi connectivity index (χ0v) is 13.2. The second-order valence-electron chi connectivity index (χ2n) is 4.36. The molecule has 0 aliphatic carbocycles. The van der Waals surface area contributed by atoms with Crippen molar-refractivity contribution in [3.8, 4) is 5.75 Å².